The van der Waals surface area contributed by atoms with Crippen LogP contribution in [-0.2, 0) is 0 Å². The molecule has 0 spiro atoms. The van der Waals surface area contributed by atoms with Crippen molar-refractivity contribution in [3.8, 4) is 22.9 Å². The molecule has 2 N–H and O–H groups in total. The molecule has 1 aromatic heterocycles. The molecule has 1 aliphatic heterocycles. The average Bonchev–Trinajstić information content (AvgIpc) is 3.41. The molecule has 38 heavy (non-hydrogen) atoms. The van der Waals surface area contributed by atoms with E-state index >= 15 is 0 Å². The molecule has 0 atom stereocenters. The van der Waals surface area contributed by atoms with Crippen molar-refractivity contribution in [3.05, 3.63) is 71.0 Å². The molecule has 3 aromatic rings. The summed E-state index contributed by atoms with van der Waals surface area (Å²) in [5.41, 5.74) is 2.50. The number of nitrogens with zero attached hydrogens (tertiary/aromatic N) is 3. The Kier molecular flexibility index (Phi) is 6.97. The second kappa shape index (κ2) is 10.1. The van der Waals surface area contributed by atoms with Crippen LogP contribution in [0.3, 0.4) is 0 Å². The summed E-state index contributed by atoms with van der Waals surface area (Å²) >= 11 is 6.20. The minimum absolute atomic E-state index is 0.0933. The number of nitriles is 1. The van der Waals surface area contributed by atoms with E-state index in [-0.39, 0.29) is 28.9 Å². The molecule has 2 heterocycles. The van der Waals surface area contributed by atoms with Gasteiger partial charge in [-0.2, -0.15) is 10.4 Å². The van der Waals surface area contributed by atoms with Crippen LogP contribution in [0.1, 0.15) is 62.5 Å². The Morgan fingerprint density at radius 1 is 1.11 bits per heavy atom. The predicted molar refractivity (Wildman–Crippen MR) is 148 cm³/mol. The lowest BCUT2D eigenvalue weighted by molar-refractivity contribution is -0.164. The fraction of sp³-hybridized carbons (Fsp3) is 0.433. The van der Waals surface area contributed by atoms with Crippen LogP contribution in [0.4, 0.5) is 0 Å². The van der Waals surface area contributed by atoms with Crippen molar-refractivity contribution in [2.24, 2.45) is 10.8 Å². The van der Waals surface area contributed by atoms with Crippen molar-refractivity contribution in [2.75, 3.05) is 13.1 Å². The zero-order chi connectivity index (χ0) is 27.1. The van der Waals surface area contributed by atoms with Gasteiger partial charge < -0.3 is 15.4 Å². The molecule has 1 saturated heterocycles. The maximum Gasteiger partial charge on any atom is 0.251 e. The van der Waals surface area contributed by atoms with E-state index < -0.39 is 0 Å². The first-order valence-electron chi connectivity index (χ1n) is 13.1. The lowest BCUT2D eigenvalue weighted by Gasteiger charge is -2.63. The number of benzene rings is 2. The number of ether oxygens (including phenoxy) is 1. The van der Waals surface area contributed by atoms with Crippen molar-refractivity contribution in [3.63, 3.8) is 0 Å². The molecule has 5 rings (SSSR count). The fourth-order valence-electron chi connectivity index (χ4n) is 6.38. The van der Waals surface area contributed by atoms with Gasteiger partial charge in [0.2, 0.25) is 0 Å². The number of aromatic nitrogens is 2. The molecule has 8 heteroatoms. The third kappa shape index (κ3) is 4.79. The lowest BCUT2D eigenvalue weighted by Crippen LogP contribution is -2.74. The predicted octanol–water partition coefficient (Wildman–Crippen LogP) is 5.61. The summed E-state index contributed by atoms with van der Waals surface area (Å²) in [6.45, 7) is 10.4. The van der Waals surface area contributed by atoms with Gasteiger partial charge in [-0.05, 0) is 55.8 Å². The molecular formula is C30H34ClN5O2. The summed E-state index contributed by atoms with van der Waals surface area (Å²) in [4.78, 5) is 13.2. The Morgan fingerprint density at radius 3 is 2.42 bits per heavy atom. The summed E-state index contributed by atoms with van der Waals surface area (Å²) in [5.74, 6) is 0.511. The minimum atomic E-state index is -0.317. The molecule has 198 valence electrons. The molecule has 7 nitrogen and oxygen atoms in total. The Hall–Kier alpha value is -3.34. The highest BCUT2D eigenvalue weighted by Crippen LogP contribution is 2.55. The van der Waals surface area contributed by atoms with Gasteiger partial charge in [-0.15, -0.1) is 0 Å². The van der Waals surface area contributed by atoms with E-state index in [9.17, 15) is 4.79 Å². The van der Waals surface area contributed by atoms with Crippen LogP contribution in [0.15, 0.2) is 54.9 Å². The number of nitrogens with one attached hydrogen (secondary N) is 2. The van der Waals surface area contributed by atoms with Gasteiger partial charge in [0.15, 0.2) is 0 Å². The summed E-state index contributed by atoms with van der Waals surface area (Å²) in [7, 11) is 0. The SMILES string of the molecule is CC1(C)C(NC(=O)c2ccc(-c3cnn(C4CCNCC4)c3)cc2)C(C)(C)C1Oc1ccc(C#N)c(Cl)c1. The van der Waals surface area contributed by atoms with Crippen molar-refractivity contribution in [1.29, 1.82) is 5.26 Å². The van der Waals surface area contributed by atoms with E-state index in [0.29, 0.717) is 27.9 Å². The van der Waals surface area contributed by atoms with Gasteiger partial charge in [0.1, 0.15) is 17.9 Å². The Morgan fingerprint density at radius 2 is 1.79 bits per heavy atom. The van der Waals surface area contributed by atoms with Gasteiger partial charge in [0, 0.05) is 40.3 Å². The molecule has 2 fully saturated rings. The smallest absolute Gasteiger partial charge is 0.251 e. The van der Waals surface area contributed by atoms with Crippen molar-refractivity contribution < 1.29 is 9.53 Å². The zero-order valence-electron chi connectivity index (χ0n) is 22.3. The summed E-state index contributed by atoms with van der Waals surface area (Å²) in [6.07, 6.45) is 6.02. The topological polar surface area (TPSA) is 92.0 Å². The summed E-state index contributed by atoms with van der Waals surface area (Å²) in [5, 5.41) is 20.7. The maximum absolute atomic E-state index is 13.2. The van der Waals surface area contributed by atoms with Gasteiger partial charge in [-0.3, -0.25) is 9.48 Å². The first kappa shape index (κ1) is 26.3. The molecule has 0 radical (unpaired) electrons. The average molecular weight is 532 g/mol. The molecule has 1 aliphatic carbocycles. The highest BCUT2D eigenvalue weighted by molar-refractivity contribution is 6.31. The molecule has 1 amide bonds. The van der Waals surface area contributed by atoms with Crippen LogP contribution in [0.25, 0.3) is 11.1 Å². The van der Waals surface area contributed by atoms with E-state index in [2.05, 4.69) is 60.4 Å². The van der Waals surface area contributed by atoms with E-state index in [4.69, 9.17) is 21.6 Å². The number of hydrogen-bond acceptors (Lipinski definition) is 5. The maximum atomic E-state index is 13.2. The van der Waals surface area contributed by atoms with Crippen LogP contribution in [0.2, 0.25) is 5.02 Å². The van der Waals surface area contributed by atoms with Crippen LogP contribution < -0.4 is 15.4 Å². The van der Waals surface area contributed by atoms with Gasteiger partial charge in [0.25, 0.3) is 5.91 Å². The number of amides is 1. The lowest BCUT2D eigenvalue weighted by atomic mass is 9.49. The second-order valence-electron chi connectivity index (χ2n) is 11.6. The third-order valence-corrected chi connectivity index (χ3v) is 8.51. The quantitative estimate of drug-likeness (QED) is 0.431. The highest BCUT2D eigenvalue weighted by atomic mass is 35.5. The largest absolute Gasteiger partial charge is 0.489 e. The van der Waals surface area contributed by atoms with Crippen molar-refractivity contribution >= 4 is 17.5 Å². The first-order chi connectivity index (χ1) is 18.1. The molecular weight excluding hydrogens is 498 g/mol. The van der Waals surface area contributed by atoms with E-state index in [1.165, 1.54) is 0 Å². The Balaban J connectivity index is 1.24. The first-order valence-corrected chi connectivity index (χ1v) is 13.5. The van der Waals surface area contributed by atoms with Crippen molar-refractivity contribution in [1.82, 2.24) is 20.4 Å². The third-order valence-electron chi connectivity index (χ3n) is 8.19. The Bertz CT molecular complexity index is 1350. The minimum Gasteiger partial charge on any atom is -0.489 e. The van der Waals surface area contributed by atoms with E-state index in [0.717, 1.165) is 37.1 Å². The number of halogens is 1. The number of carbonyl (C=O) groups is 1. The van der Waals surface area contributed by atoms with E-state index in [1.807, 2.05) is 30.5 Å². The summed E-state index contributed by atoms with van der Waals surface area (Å²) in [6, 6.07) is 15.2. The fourth-order valence-corrected chi connectivity index (χ4v) is 6.60. The zero-order valence-corrected chi connectivity index (χ0v) is 23.0. The monoisotopic (exact) mass is 531 g/mol. The molecule has 0 unspecified atom stereocenters. The molecule has 1 saturated carbocycles. The molecule has 2 aromatic carbocycles. The number of rotatable bonds is 6. The second-order valence-corrected chi connectivity index (χ2v) is 12.0. The number of carbonyl (C=O) groups excluding carboxylic acids is 1. The van der Waals surface area contributed by atoms with Crippen molar-refractivity contribution in [2.45, 2.75) is 58.7 Å². The molecule has 0 bridgehead atoms. The van der Waals surface area contributed by atoms with Crippen LogP contribution in [0.5, 0.6) is 5.75 Å². The Labute approximate surface area is 229 Å². The van der Waals surface area contributed by atoms with Gasteiger partial charge in [-0.1, -0.05) is 51.4 Å². The van der Waals surface area contributed by atoms with E-state index in [1.54, 1.807) is 18.2 Å². The number of hydrogen-bond donors (Lipinski definition) is 2. The van der Waals surface area contributed by atoms with Crippen LogP contribution >= 0.6 is 11.6 Å². The highest BCUT2D eigenvalue weighted by Gasteiger charge is 2.64. The van der Waals surface area contributed by atoms with Gasteiger partial charge in [0.05, 0.1) is 22.8 Å². The van der Waals surface area contributed by atoms with Crippen LogP contribution in [-0.4, -0.2) is 40.9 Å². The summed E-state index contributed by atoms with van der Waals surface area (Å²) < 4.78 is 8.40. The standard InChI is InChI=1S/C30H34ClN5O2/c1-29(2)27(30(3,4)28(29)38-24-10-9-21(16-32)25(31)15-24)35-26(37)20-7-5-19(6-8-20)22-17-34-36(18-22)23-11-13-33-14-12-23/h5-10,15,17-18,23,27-28,33H,11-14H2,1-4H3,(H,35,37). The van der Waals surface area contributed by atoms with Crippen LogP contribution in [0, 0.1) is 22.2 Å². The normalized spacial score (nSPS) is 22.2. The number of piperidine rings is 1. The molecule has 2 aliphatic rings. The van der Waals surface area contributed by atoms with Gasteiger partial charge >= 0.3 is 0 Å². The van der Waals surface area contributed by atoms with Gasteiger partial charge in [-0.25, -0.2) is 0 Å².